The Morgan fingerprint density at radius 3 is 1.69 bits per heavy atom. The van der Waals surface area contributed by atoms with Gasteiger partial charge in [0.25, 0.3) is 0 Å². The van der Waals surface area contributed by atoms with E-state index in [-0.39, 0.29) is 0 Å². The second-order valence-corrected chi connectivity index (χ2v) is 6.51. The highest BCUT2D eigenvalue weighted by Crippen LogP contribution is 2.66. The summed E-state index contributed by atoms with van der Waals surface area (Å²) in [5.41, 5.74) is 0. The Bertz CT molecular complexity index is 406. The standard InChI is InChI=1S/C15H16O/c16-15-13-9-3-1-7(5-9)11(13)12-8-2-4-10(6-8)14(12)15/h1-4,7-14H,5-6H2/t7-,8-,9-,10-,11-,12+,13-,14+/m0/s1. The van der Waals surface area contributed by atoms with Crippen LogP contribution in [0.15, 0.2) is 24.3 Å². The molecule has 3 fully saturated rings. The fraction of sp³-hybridized carbons (Fsp3) is 0.667. The first-order valence-corrected chi connectivity index (χ1v) is 6.75. The second kappa shape index (κ2) is 2.37. The van der Waals surface area contributed by atoms with Gasteiger partial charge in [0.15, 0.2) is 0 Å². The van der Waals surface area contributed by atoms with E-state index in [4.69, 9.17) is 0 Å². The number of ketones is 1. The molecular weight excluding hydrogens is 196 g/mol. The number of allylic oxidation sites excluding steroid dienone is 4. The predicted molar refractivity (Wildman–Crippen MR) is 60.4 cm³/mol. The van der Waals surface area contributed by atoms with Crippen molar-refractivity contribution in [1.82, 2.24) is 0 Å². The summed E-state index contributed by atoms with van der Waals surface area (Å²) in [4.78, 5) is 12.6. The van der Waals surface area contributed by atoms with Crippen LogP contribution in [-0.4, -0.2) is 5.78 Å². The summed E-state index contributed by atoms with van der Waals surface area (Å²) in [6.45, 7) is 0. The first-order chi connectivity index (χ1) is 7.84. The van der Waals surface area contributed by atoms with Crippen LogP contribution in [0.5, 0.6) is 0 Å². The Kier molecular flexibility index (Phi) is 1.22. The molecule has 0 aliphatic heterocycles. The van der Waals surface area contributed by atoms with Crippen LogP contribution in [0.3, 0.4) is 0 Å². The first kappa shape index (κ1) is 8.27. The van der Waals surface area contributed by atoms with Gasteiger partial charge in [-0.25, -0.2) is 0 Å². The largest absolute Gasteiger partial charge is 0.299 e. The molecule has 0 unspecified atom stereocenters. The van der Waals surface area contributed by atoms with Crippen LogP contribution in [0.2, 0.25) is 0 Å². The Morgan fingerprint density at radius 1 is 0.750 bits per heavy atom. The number of carbonyl (C=O) groups is 1. The van der Waals surface area contributed by atoms with E-state index in [1.807, 2.05) is 0 Å². The van der Waals surface area contributed by atoms with Crippen LogP contribution in [0.25, 0.3) is 0 Å². The highest BCUT2D eigenvalue weighted by molar-refractivity contribution is 5.89. The molecule has 5 rings (SSSR count). The van der Waals surface area contributed by atoms with Crippen LogP contribution in [0, 0.1) is 47.3 Å². The van der Waals surface area contributed by atoms with Gasteiger partial charge in [0.2, 0.25) is 0 Å². The molecule has 4 bridgehead atoms. The number of hydrogen-bond acceptors (Lipinski definition) is 1. The number of rotatable bonds is 0. The quantitative estimate of drug-likeness (QED) is 0.564. The van der Waals surface area contributed by atoms with E-state index < -0.39 is 0 Å². The summed E-state index contributed by atoms with van der Waals surface area (Å²) in [5, 5.41) is 0. The van der Waals surface area contributed by atoms with Crippen molar-refractivity contribution in [1.29, 1.82) is 0 Å². The monoisotopic (exact) mass is 212 g/mol. The van der Waals surface area contributed by atoms with Crippen LogP contribution >= 0.6 is 0 Å². The van der Waals surface area contributed by atoms with Crippen molar-refractivity contribution in [2.45, 2.75) is 12.8 Å². The van der Waals surface area contributed by atoms with Gasteiger partial charge in [-0.15, -0.1) is 0 Å². The maximum atomic E-state index is 12.6. The van der Waals surface area contributed by atoms with Crippen molar-refractivity contribution in [3.05, 3.63) is 24.3 Å². The molecule has 5 aliphatic rings. The average Bonchev–Trinajstić information content (AvgIpc) is 2.98. The Balaban J connectivity index is 1.67. The molecule has 0 aromatic carbocycles. The number of fused-ring (bicyclic) bond motifs is 11. The molecule has 82 valence electrons. The maximum absolute atomic E-state index is 12.6. The fourth-order valence-corrected chi connectivity index (χ4v) is 5.79. The Labute approximate surface area is 95.6 Å². The SMILES string of the molecule is O=C1[C@@H]2[C@H]([C@@H]3[C@H]1[C@H]1C=C[C@H]3C1)[C@H]1C=C[C@H]2C1. The number of Topliss-reactive ketones (excluding diaryl/α,β-unsaturated/α-hetero) is 1. The highest BCUT2D eigenvalue weighted by Gasteiger charge is 2.65. The van der Waals surface area contributed by atoms with Gasteiger partial charge >= 0.3 is 0 Å². The average molecular weight is 212 g/mol. The van der Waals surface area contributed by atoms with E-state index >= 15 is 0 Å². The maximum Gasteiger partial charge on any atom is 0.140 e. The minimum Gasteiger partial charge on any atom is -0.299 e. The Morgan fingerprint density at radius 2 is 1.19 bits per heavy atom. The zero-order chi connectivity index (χ0) is 10.4. The van der Waals surface area contributed by atoms with E-state index in [0.29, 0.717) is 29.5 Å². The van der Waals surface area contributed by atoms with E-state index in [1.54, 1.807) is 0 Å². The third kappa shape index (κ3) is 0.687. The molecule has 0 N–H and O–H groups in total. The molecular formula is C15H16O. The first-order valence-electron chi connectivity index (χ1n) is 6.75. The molecule has 5 aliphatic carbocycles. The third-order valence-corrected chi connectivity index (χ3v) is 6.14. The normalized spacial score (nSPS) is 63.4. The second-order valence-electron chi connectivity index (χ2n) is 6.51. The van der Waals surface area contributed by atoms with Gasteiger partial charge in [0.1, 0.15) is 5.78 Å². The summed E-state index contributed by atoms with van der Waals surface area (Å²) in [5.74, 6) is 5.69. The molecule has 8 atom stereocenters. The highest BCUT2D eigenvalue weighted by atomic mass is 16.1. The lowest BCUT2D eigenvalue weighted by atomic mass is 9.75. The van der Waals surface area contributed by atoms with E-state index in [9.17, 15) is 4.79 Å². The molecule has 0 saturated heterocycles. The van der Waals surface area contributed by atoms with Crippen molar-refractivity contribution in [2.24, 2.45) is 47.3 Å². The minimum atomic E-state index is 0.426. The molecule has 0 radical (unpaired) electrons. The molecule has 0 amide bonds. The molecule has 16 heavy (non-hydrogen) atoms. The number of carbonyl (C=O) groups excluding carboxylic acids is 1. The van der Waals surface area contributed by atoms with Gasteiger partial charge in [-0.05, 0) is 48.3 Å². The van der Waals surface area contributed by atoms with Crippen LogP contribution in [0.4, 0.5) is 0 Å². The molecule has 0 aromatic heterocycles. The summed E-state index contributed by atoms with van der Waals surface area (Å²) in [6, 6.07) is 0. The van der Waals surface area contributed by atoms with Gasteiger partial charge in [0, 0.05) is 11.8 Å². The zero-order valence-electron chi connectivity index (χ0n) is 9.25. The molecule has 1 heteroatoms. The molecule has 0 aromatic rings. The molecule has 0 heterocycles. The van der Waals surface area contributed by atoms with Gasteiger partial charge in [-0.1, -0.05) is 24.3 Å². The minimum absolute atomic E-state index is 0.426. The molecule has 1 nitrogen and oxygen atoms in total. The van der Waals surface area contributed by atoms with E-state index in [2.05, 4.69) is 24.3 Å². The molecule has 3 saturated carbocycles. The van der Waals surface area contributed by atoms with Gasteiger partial charge in [0.05, 0.1) is 0 Å². The lowest BCUT2D eigenvalue weighted by Gasteiger charge is -2.28. The summed E-state index contributed by atoms with van der Waals surface area (Å²) < 4.78 is 0. The smallest absolute Gasteiger partial charge is 0.140 e. The fourth-order valence-electron chi connectivity index (χ4n) is 5.79. The predicted octanol–water partition coefficient (Wildman–Crippen LogP) is 2.45. The van der Waals surface area contributed by atoms with Crippen LogP contribution < -0.4 is 0 Å². The van der Waals surface area contributed by atoms with Crippen LogP contribution in [-0.2, 0) is 4.79 Å². The Hall–Kier alpha value is -0.850. The van der Waals surface area contributed by atoms with Crippen LogP contribution in [0.1, 0.15) is 12.8 Å². The van der Waals surface area contributed by atoms with Crippen molar-refractivity contribution in [3.8, 4) is 0 Å². The van der Waals surface area contributed by atoms with E-state index in [1.165, 1.54) is 12.8 Å². The van der Waals surface area contributed by atoms with E-state index in [0.717, 1.165) is 23.7 Å². The topological polar surface area (TPSA) is 17.1 Å². The zero-order valence-corrected chi connectivity index (χ0v) is 9.25. The summed E-state index contributed by atoms with van der Waals surface area (Å²) >= 11 is 0. The summed E-state index contributed by atoms with van der Waals surface area (Å²) in [7, 11) is 0. The third-order valence-electron chi connectivity index (χ3n) is 6.14. The lowest BCUT2D eigenvalue weighted by molar-refractivity contribution is -0.125. The van der Waals surface area contributed by atoms with Gasteiger partial charge in [-0.2, -0.15) is 0 Å². The summed E-state index contributed by atoms with van der Waals surface area (Å²) in [6.07, 6.45) is 12.1. The van der Waals surface area contributed by atoms with Crippen molar-refractivity contribution < 1.29 is 4.79 Å². The van der Waals surface area contributed by atoms with Crippen molar-refractivity contribution in [3.63, 3.8) is 0 Å². The van der Waals surface area contributed by atoms with Gasteiger partial charge in [-0.3, -0.25) is 4.79 Å². The molecule has 0 spiro atoms. The number of hydrogen-bond donors (Lipinski definition) is 0. The van der Waals surface area contributed by atoms with Gasteiger partial charge < -0.3 is 0 Å². The van der Waals surface area contributed by atoms with Crippen molar-refractivity contribution in [2.75, 3.05) is 0 Å². The lowest BCUT2D eigenvalue weighted by Crippen LogP contribution is -2.24. The van der Waals surface area contributed by atoms with Crippen molar-refractivity contribution >= 4 is 5.78 Å².